The summed E-state index contributed by atoms with van der Waals surface area (Å²) in [5.41, 5.74) is 0.0899. The second kappa shape index (κ2) is 6.68. The first-order valence-electron chi connectivity index (χ1n) is 5.94. The standard InChI is InChI=1S/C13H20BrNO2S/c1-13(2,3)7-9(8-16)15-12(17)6-10-4-5-11(14)18-10/h4-5,9,16H,6-8H2,1-3H3,(H,15,17). The van der Waals surface area contributed by atoms with Crippen LogP contribution in [-0.2, 0) is 11.2 Å². The fraction of sp³-hybridized carbons (Fsp3) is 0.615. The second-order valence-corrected chi connectivity index (χ2v) is 8.14. The number of thiophene rings is 1. The average molecular weight is 334 g/mol. The van der Waals surface area contributed by atoms with Gasteiger partial charge in [0.25, 0.3) is 0 Å². The highest BCUT2D eigenvalue weighted by Gasteiger charge is 2.20. The first-order chi connectivity index (χ1) is 8.30. The molecule has 1 amide bonds. The molecule has 0 saturated heterocycles. The van der Waals surface area contributed by atoms with Gasteiger partial charge in [-0.3, -0.25) is 4.79 Å². The van der Waals surface area contributed by atoms with E-state index in [4.69, 9.17) is 0 Å². The van der Waals surface area contributed by atoms with Crippen molar-refractivity contribution in [3.8, 4) is 0 Å². The maximum absolute atomic E-state index is 11.8. The highest BCUT2D eigenvalue weighted by molar-refractivity contribution is 9.11. The summed E-state index contributed by atoms with van der Waals surface area (Å²) in [5.74, 6) is -0.0346. The Kier molecular flexibility index (Phi) is 5.82. The van der Waals surface area contributed by atoms with Crippen LogP contribution < -0.4 is 5.32 Å². The molecule has 0 aliphatic heterocycles. The van der Waals surface area contributed by atoms with Crippen molar-refractivity contribution in [3.63, 3.8) is 0 Å². The highest BCUT2D eigenvalue weighted by atomic mass is 79.9. The second-order valence-electron chi connectivity index (χ2n) is 5.59. The van der Waals surface area contributed by atoms with E-state index in [0.717, 1.165) is 15.1 Å². The number of aliphatic hydroxyl groups is 1. The van der Waals surface area contributed by atoms with Crippen LogP contribution >= 0.6 is 27.3 Å². The minimum absolute atomic E-state index is 0.0167. The molecule has 1 aromatic rings. The quantitative estimate of drug-likeness (QED) is 0.870. The number of nitrogens with one attached hydrogen (secondary N) is 1. The van der Waals surface area contributed by atoms with E-state index in [1.807, 2.05) is 12.1 Å². The van der Waals surface area contributed by atoms with E-state index in [1.165, 1.54) is 0 Å². The molecule has 18 heavy (non-hydrogen) atoms. The van der Waals surface area contributed by atoms with Gasteiger partial charge in [-0.2, -0.15) is 0 Å². The van der Waals surface area contributed by atoms with Crippen molar-refractivity contribution in [2.75, 3.05) is 6.61 Å². The largest absolute Gasteiger partial charge is 0.394 e. The van der Waals surface area contributed by atoms with Crippen LogP contribution in [0.2, 0.25) is 0 Å². The summed E-state index contributed by atoms with van der Waals surface area (Å²) < 4.78 is 1.03. The third-order valence-electron chi connectivity index (χ3n) is 2.41. The van der Waals surface area contributed by atoms with E-state index in [2.05, 4.69) is 42.0 Å². The Morgan fingerprint density at radius 2 is 2.17 bits per heavy atom. The molecule has 0 aliphatic rings. The normalized spacial score (nSPS) is 13.4. The van der Waals surface area contributed by atoms with Crippen LogP contribution in [0.25, 0.3) is 0 Å². The van der Waals surface area contributed by atoms with E-state index < -0.39 is 0 Å². The molecule has 102 valence electrons. The molecule has 5 heteroatoms. The number of halogens is 1. The summed E-state index contributed by atoms with van der Waals surface area (Å²) in [6, 6.07) is 3.71. The van der Waals surface area contributed by atoms with E-state index in [1.54, 1.807) is 11.3 Å². The maximum atomic E-state index is 11.8. The molecule has 0 bridgehead atoms. The maximum Gasteiger partial charge on any atom is 0.225 e. The van der Waals surface area contributed by atoms with Crippen LogP contribution in [0.1, 0.15) is 32.1 Å². The molecule has 1 heterocycles. The Balaban J connectivity index is 2.47. The Hall–Kier alpha value is -0.390. The van der Waals surface area contributed by atoms with Crippen LogP contribution in [0.3, 0.4) is 0 Å². The lowest BCUT2D eigenvalue weighted by atomic mass is 9.88. The smallest absolute Gasteiger partial charge is 0.225 e. The molecule has 1 atom stereocenters. The van der Waals surface area contributed by atoms with Crippen LogP contribution in [0.5, 0.6) is 0 Å². The van der Waals surface area contributed by atoms with Crippen molar-refractivity contribution in [1.82, 2.24) is 5.32 Å². The Bertz CT molecular complexity index is 398. The number of carbonyl (C=O) groups is 1. The third-order valence-corrected chi connectivity index (χ3v) is 4.03. The van der Waals surface area contributed by atoms with Gasteiger partial charge in [0.15, 0.2) is 0 Å². The van der Waals surface area contributed by atoms with Gasteiger partial charge in [-0.15, -0.1) is 11.3 Å². The summed E-state index contributed by atoms with van der Waals surface area (Å²) in [7, 11) is 0. The number of carbonyl (C=O) groups excluding carboxylic acids is 1. The molecular formula is C13H20BrNO2S. The first kappa shape index (κ1) is 15.7. The zero-order valence-corrected chi connectivity index (χ0v) is 13.4. The molecule has 0 saturated carbocycles. The van der Waals surface area contributed by atoms with Gasteiger partial charge < -0.3 is 10.4 Å². The van der Waals surface area contributed by atoms with Gasteiger partial charge in [-0.05, 0) is 39.9 Å². The zero-order chi connectivity index (χ0) is 13.8. The van der Waals surface area contributed by atoms with Crippen molar-refractivity contribution in [2.45, 2.75) is 39.7 Å². The molecule has 3 nitrogen and oxygen atoms in total. The topological polar surface area (TPSA) is 49.3 Å². The molecule has 1 rings (SSSR count). The third kappa shape index (κ3) is 5.98. The summed E-state index contributed by atoms with van der Waals surface area (Å²) in [4.78, 5) is 12.9. The molecule has 0 spiro atoms. The minimum atomic E-state index is -0.166. The zero-order valence-electron chi connectivity index (χ0n) is 11.0. The summed E-state index contributed by atoms with van der Waals surface area (Å²) >= 11 is 4.93. The molecule has 0 aliphatic carbocycles. The van der Waals surface area contributed by atoms with Gasteiger partial charge in [0.1, 0.15) is 0 Å². The monoisotopic (exact) mass is 333 g/mol. The van der Waals surface area contributed by atoms with Gasteiger partial charge in [-0.1, -0.05) is 20.8 Å². The van der Waals surface area contributed by atoms with Gasteiger partial charge >= 0.3 is 0 Å². The fourth-order valence-electron chi connectivity index (χ4n) is 1.78. The molecule has 2 N–H and O–H groups in total. The molecule has 1 unspecified atom stereocenters. The number of rotatable bonds is 5. The predicted octanol–water partition coefficient (Wildman–Crippen LogP) is 2.97. The summed E-state index contributed by atoms with van der Waals surface area (Å²) in [6.07, 6.45) is 1.14. The molecule has 0 aromatic carbocycles. The molecule has 0 fully saturated rings. The van der Waals surface area contributed by atoms with Gasteiger partial charge in [0, 0.05) is 4.88 Å². The van der Waals surface area contributed by atoms with Crippen LogP contribution in [-0.4, -0.2) is 23.7 Å². The van der Waals surface area contributed by atoms with Gasteiger partial charge in [0.05, 0.1) is 22.9 Å². The van der Waals surface area contributed by atoms with Crippen molar-refractivity contribution in [1.29, 1.82) is 0 Å². The van der Waals surface area contributed by atoms with Gasteiger partial charge in [0.2, 0.25) is 5.91 Å². The predicted molar refractivity (Wildman–Crippen MR) is 78.8 cm³/mol. The first-order valence-corrected chi connectivity index (χ1v) is 7.55. The van der Waals surface area contributed by atoms with E-state index in [-0.39, 0.29) is 24.0 Å². The van der Waals surface area contributed by atoms with Gasteiger partial charge in [-0.25, -0.2) is 0 Å². The van der Waals surface area contributed by atoms with Crippen LogP contribution in [0, 0.1) is 5.41 Å². The summed E-state index contributed by atoms with van der Waals surface area (Å²) in [6.45, 7) is 6.27. The summed E-state index contributed by atoms with van der Waals surface area (Å²) in [5, 5.41) is 12.2. The lowest BCUT2D eigenvalue weighted by Gasteiger charge is -2.25. The van der Waals surface area contributed by atoms with Crippen molar-refractivity contribution < 1.29 is 9.90 Å². The van der Waals surface area contributed by atoms with E-state index in [0.29, 0.717) is 6.42 Å². The van der Waals surface area contributed by atoms with Crippen molar-refractivity contribution in [2.24, 2.45) is 5.41 Å². The van der Waals surface area contributed by atoms with Crippen LogP contribution in [0.4, 0.5) is 0 Å². The Labute approximate surface area is 121 Å². The SMILES string of the molecule is CC(C)(C)CC(CO)NC(=O)Cc1ccc(Br)s1. The Morgan fingerprint density at radius 3 is 2.61 bits per heavy atom. The minimum Gasteiger partial charge on any atom is -0.394 e. The number of hydrogen-bond donors (Lipinski definition) is 2. The molecule has 1 aromatic heterocycles. The van der Waals surface area contributed by atoms with E-state index in [9.17, 15) is 9.90 Å². The van der Waals surface area contributed by atoms with Crippen molar-refractivity contribution >= 4 is 33.2 Å². The van der Waals surface area contributed by atoms with E-state index >= 15 is 0 Å². The fourth-order valence-corrected chi connectivity index (χ4v) is 3.27. The number of aliphatic hydroxyl groups excluding tert-OH is 1. The molecular weight excluding hydrogens is 314 g/mol. The Morgan fingerprint density at radius 1 is 1.50 bits per heavy atom. The van der Waals surface area contributed by atoms with Crippen LogP contribution in [0.15, 0.2) is 15.9 Å². The number of hydrogen-bond acceptors (Lipinski definition) is 3. The lowest BCUT2D eigenvalue weighted by molar-refractivity contribution is -0.121. The highest BCUT2D eigenvalue weighted by Crippen LogP contribution is 2.23. The molecule has 0 radical (unpaired) electrons. The lowest BCUT2D eigenvalue weighted by Crippen LogP contribution is -2.40. The number of amides is 1. The van der Waals surface area contributed by atoms with Crippen molar-refractivity contribution in [3.05, 3.63) is 20.8 Å². The average Bonchev–Trinajstić information content (AvgIpc) is 2.60.